The fourth-order valence-corrected chi connectivity index (χ4v) is 2.57. The van der Waals surface area contributed by atoms with E-state index in [0.717, 1.165) is 28.1 Å². The number of hydrogen-bond donors (Lipinski definition) is 1. The molecule has 0 spiro atoms. The van der Waals surface area contributed by atoms with E-state index < -0.39 is 0 Å². The Bertz CT molecular complexity index is 969. The molecule has 0 aliphatic rings. The average molecular weight is 315 g/mol. The molecule has 0 bridgehead atoms. The van der Waals surface area contributed by atoms with E-state index in [4.69, 9.17) is 0 Å². The highest BCUT2D eigenvalue weighted by Crippen LogP contribution is 2.18. The van der Waals surface area contributed by atoms with Gasteiger partial charge in [-0.3, -0.25) is 0 Å². The quantitative estimate of drug-likeness (QED) is 0.616. The largest absolute Gasteiger partial charge is 0.340 e. The molecule has 0 saturated carbocycles. The Hall–Kier alpha value is -3.21. The van der Waals surface area contributed by atoms with Crippen LogP contribution in [-0.2, 0) is 0 Å². The summed E-state index contributed by atoms with van der Waals surface area (Å²) in [6.45, 7) is 4.02. The summed E-state index contributed by atoms with van der Waals surface area (Å²) in [6, 6.07) is 18.1. The van der Waals surface area contributed by atoms with Gasteiger partial charge in [-0.2, -0.15) is 10.1 Å². The van der Waals surface area contributed by atoms with E-state index in [1.54, 1.807) is 4.68 Å². The lowest BCUT2D eigenvalue weighted by molar-refractivity contribution is 0.813. The highest BCUT2D eigenvalue weighted by Gasteiger charge is 2.08. The van der Waals surface area contributed by atoms with Crippen molar-refractivity contribution in [2.75, 3.05) is 5.32 Å². The first-order valence-corrected chi connectivity index (χ1v) is 7.81. The molecule has 0 fully saturated rings. The second-order valence-electron chi connectivity index (χ2n) is 5.82. The molecule has 24 heavy (non-hydrogen) atoms. The number of aromatic nitrogens is 4. The Labute approximate surface area is 140 Å². The monoisotopic (exact) mass is 315 g/mol. The maximum absolute atomic E-state index is 4.60. The topological polar surface area (TPSA) is 55.6 Å². The van der Waals surface area contributed by atoms with Gasteiger partial charge < -0.3 is 5.32 Å². The third-order valence-electron chi connectivity index (χ3n) is 3.78. The van der Waals surface area contributed by atoms with E-state index in [2.05, 4.69) is 39.4 Å². The number of aryl methyl sites for hydroxylation is 2. The van der Waals surface area contributed by atoms with Crippen LogP contribution in [0.2, 0.25) is 0 Å². The van der Waals surface area contributed by atoms with E-state index in [1.165, 1.54) is 5.56 Å². The minimum absolute atomic E-state index is 0.556. The second-order valence-corrected chi connectivity index (χ2v) is 5.82. The first-order chi connectivity index (χ1) is 11.7. The first kappa shape index (κ1) is 14.4. The molecule has 0 aliphatic carbocycles. The number of fused-ring (bicyclic) bond motifs is 1. The zero-order valence-electron chi connectivity index (χ0n) is 13.6. The van der Waals surface area contributed by atoms with E-state index in [9.17, 15) is 0 Å². The predicted octanol–water partition coefficient (Wildman–Crippen LogP) is 4.18. The van der Waals surface area contributed by atoms with Crippen LogP contribution in [0.15, 0.2) is 60.8 Å². The van der Waals surface area contributed by atoms with Crippen molar-refractivity contribution in [1.29, 1.82) is 0 Å². The third kappa shape index (κ3) is 2.84. The van der Waals surface area contributed by atoms with Gasteiger partial charge in [0.2, 0.25) is 0 Å². The van der Waals surface area contributed by atoms with Crippen molar-refractivity contribution in [1.82, 2.24) is 19.7 Å². The van der Waals surface area contributed by atoms with Crippen LogP contribution in [0.4, 0.5) is 11.5 Å². The average Bonchev–Trinajstić information content (AvgIpc) is 3.01. The summed E-state index contributed by atoms with van der Waals surface area (Å²) in [4.78, 5) is 9.10. The number of benzene rings is 2. The highest BCUT2D eigenvalue weighted by molar-refractivity contribution is 5.78. The number of nitrogens with one attached hydrogen (secondary N) is 1. The summed E-state index contributed by atoms with van der Waals surface area (Å²) in [5, 5.41) is 8.94. The fourth-order valence-electron chi connectivity index (χ4n) is 2.57. The van der Waals surface area contributed by atoms with Crippen molar-refractivity contribution in [3.8, 4) is 5.95 Å². The van der Waals surface area contributed by atoms with Crippen molar-refractivity contribution in [3.05, 3.63) is 72.1 Å². The summed E-state index contributed by atoms with van der Waals surface area (Å²) in [5.41, 5.74) is 4.03. The lowest BCUT2D eigenvalue weighted by atomic mass is 10.2. The summed E-state index contributed by atoms with van der Waals surface area (Å²) < 4.78 is 1.72. The Kier molecular flexibility index (Phi) is 3.46. The van der Waals surface area contributed by atoms with Crippen LogP contribution >= 0.6 is 0 Å². The zero-order chi connectivity index (χ0) is 16.5. The van der Waals surface area contributed by atoms with Crippen LogP contribution in [0, 0.1) is 13.8 Å². The number of anilines is 2. The molecule has 2 aromatic heterocycles. The molecular weight excluding hydrogens is 298 g/mol. The summed E-state index contributed by atoms with van der Waals surface area (Å²) in [7, 11) is 0. The van der Waals surface area contributed by atoms with E-state index in [0.29, 0.717) is 5.95 Å². The zero-order valence-corrected chi connectivity index (χ0v) is 13.6. The first-order valence-electron chi connectivity index (χ1n) is 7.81. The molecule has 2 heterocycles. The van der Waals surface area contributed by atoms with Gasteiger partial charge >= 0.3 is 0 Å². The van der Waals surface area contributed by atoms with Crippen LogP contribution in [0.25, 0.3) is 16.9 Å². The molecule has 4 rings (SSSR count). The molecule has 5 nitrogen and oxygen atoms in total. The molecule has 0 atom stereocenters. The lowest BCUT2D eigenvalue weighted by Gasteiger charge is -2.08. The number of hydrogen-bond acceptors (Lipinski definition) is 4. The maximum atomic E-state index is 4.60. The SMILES string of the molecule is Cc1ccc(Nc2cc(C)nc(-n3cc4ccccc4n3)n2)cc1. The fraction of sp³-hybridized carbons (Fsp3) is 0.105. The van der Waals surface area contributed by atoms with Gasteiger partial charge in [-0.25, -0.2) is 9.67 Å². The molecule has 118 valence electrons. The Morgan fingerprint density at radius 1 is 0.917 bits per heavy atom. The van der Waals surface area contributed by atoms with Gasteiger partial charge in [0.15, 0.2) is 0 Å². The molecule has 0 amide bonds. The normalized spacial score (nSPS) is 10.9. The molecule has 1 N–H and O–H groups in total. The van der Waals surface area contributed by atoms with Gasteiger partial charge in [0, 0.05) is 29.0 Å². The molecule has 0 radical (unpaired) electrons. The third-order valence-corrected chi connectivity index (χ3v) is 3.78. The second kappa shape index (κ2) is 5.77. The molecule has 0 unspecified atom stereocenters. The van der Waals surface area contributed by atoms with Crippen molar-refractivity contribution in [2.24, 2.45) is 0 Å². The molecule has 4 aromatic rings. The minimum atomic E-state index is 0.556. The Balaban J connectivity index is 1.71. The highest BCUT2D eigenvalue weighted by atomic mass is 15.3. The van der Waals surface area contributed by atoms with Gasteiger partial charge in [0.25, 0.3) is 5.95 Å². The smallest absolute Gasteiger partial charge is 0.252 e. The minimum Gasteiger partial charge on any atom is -0.340 e. The summed E-state index contributed by atoms with van der Waals surface area (Å²) in [5.74, 6) is 1.31. The van der Waals surface area contributed by atoms with Crippen LogP contribution in [0.3, 0.4) is 0 Å². The summed E-state index contributed by atoms with van der Waals surface area (Å²) in [6.07, 6.45) is 1.94. The Morgan fingerprint density at radius 3 is 2.50 bits per heavy atom. The van der Waals surface area contributed by atoms with E-state index in [-0.39, 0.29) is 0 Å². The van der Waals surface area contributed by atoms with E-state index in [1.807, 2.05) is 55.6 Å². The van der Waals surface area contributed by atoms with Gasteiger partial charge in [-0.1, -0.05) is 35.9 Å². The van der Waals surface area contributed by atoms with Crippen molar-refractivity contribution < 1.29 is 0 Å². The van der Waals surface area contributed by atoms with Crippen molar-refractivity contribution in [3.63, 3.8) is 0 Å². The number of rotatable bonds is 3. The number of nitrogens with zero attached hydrogens (tertiary/aromatic N) is 4. The van der Waals surface area contributed by atoms with Gasteiger partial charge in [0.1, 0.15) is 5.82 Å². The molecule has 5 heteroatoms. The van der Waals surface area contributed by atoms with Gasteiger partial charge in [0.05, 0.1) is 5.52 Å². The molecule has 0 aliphatic heterocycles. The van der Waals surface area contributed by atoms with Gasteiger partial charge in [-0.05, 0) is 32.0 Å². The van der Waals surface area contributed by atoms with Gasteiger partial charge in [-0.15, -0.1) is 0 Å². The maximum Gasteiger partial charge on any atom is 0.252 e. The van der Waals surface area contributed by atoms with Crippen LogP contribution in [0.5, 0.6) is 0 Å². The van der Waals surface area contributed by atoms with Crippen molar-refractivity contribution in [2.45, 2.75) is 13.8 Å². The van der Waals surface area contributed by atoms with E-state index >= 15 is 0 Å². The van der Waals surface area contributed by atoms with Crippen LogP contribution in [0.1, 0.15) is 11.3 Å². The lowest BCUT2D eigenvalue weighted by Crippen LogP contribution is -2.05. The molecular formula is C19H17N5. The molecule has 0 saturated heterocycles. The van der Waals surface area contributed by atoms with Crippen LogP contribution in [-0.4, -0.2) is 19.7 Å². The predicted molar refractivity (Wildman–Crippen MR) is 95.9 cm³/mol. The Morgan fingerprint density at radius 2 is 1.71 bits per heavy atom. The van der Waals surface area contributed by atoms with Crippen molar-refractivity contribution >= 4 is 22.4 Å². The summed E-state index contributed by atoms with van der Waals surface area (Å²) >= 11 is 0. The van der Waals surface area contributed by atoms with Crippen LogP contribution < -0.4 is 5.32 Å². The molecule has 2 aromatic carbocycles. The standard InChI is InChI=1S/C19H17N5/c1-13-7-9-16(10-8-13)21-18-11-14(2)20-19(22-18)24-12-15-5-3-4-6-17(15)23-24/h3-12H,1-2H3,(H,20,21,22).